The van der Waals surface area contributed by atoms with Crippen molar-refractivity contribution in [2.75, 3.05) is 0 Å². The predicted molar refractivity (Wildman–Crippen MR) is 82.8 cm³/mol. The number of Topliss-reactive ketones (excluding diaryl/α,β-unsaturated/α-hetero) is 1. The van der Waals surface area contributed by atoms with E-state index in [1.54, 1.807) is 12.1 Å². The fraction of sp³-hybridized carbons (Fsp3) is 0.125. The van der Waals surface area contributed by atoms with Crippen molar-refractivity contribution in [2.45, 2.75) is 6.42 Å². The highest BCUT2D eigenvalue weighted by Crippen LogP contribution is 2.21. The van der Waals surface area contributed by atoms with Gasteiger partial charge in [0.05, 0.1) is 27.5 Å². The van der Waals surface area contributed by atoms with Crippen molar-refractivity contribution < 1.29 is 9.18 Å². The van der Waals surface area contributed by atoms with Crippen molar-refractivity contribution in [1.29, 1.82) is 0 Å². The van der Waals surface area contributed by atoms with E-state index >= 15 is 0 Å². The molecule has 0 fully saturated rings. The summed E-state index contributed by atoms with van der Waals surface area (Å²) in [6.07, 6.45) is 0.0680. The second-order valence-corrected chi connectivity index (χ2v) is 5.63. The summed E-state index contributed by atoms with van der Waals surface area (Å²) in [7, 11) is 1.86. The van der Waals surface area contributed by atoms with E-state index < -0.39 is 5.82 Å². The van der Waals surface area contributed by atoms with E-state index in [1.807, 2.05) is 35.9 Å². The lowest BCUT2D eigenvalue weighted by atomic mass is 10.1. The molecule has 106 valence electrons. The summed E-state index contributed by atoms with van der Waals surface area (Å²) in [6.45, 7) is 0. The van der Waals surface area contributed by atoms with Crippen LogP contribution in [0.3, 0.4) is 0 Å². The molecule has 0 saturated heterocycles. The van der Waals surface area contributed by atoms with E-state index in [0.717, 1.165) is 11.0 Å². The first-order chi connectivity index (χ1) is 10.1. The minimum Gasteiger partial charge on any atom is -0.331 e. The number of aromatic nitrogens is 2. The van der Waals surface area contributed by atoms with Crippen LogP contribution in [-0.2, 0) is 13.5 Å². The Balaban J connectivity index is 1.97. The second kappa shape index (κ2) is 5.41. The standard InChI is InChI=1S/C16H12BrFN2O/c1-20-13-8-3-2-7-12(13)19-15(20)9-14(21)10-5-4-6-11(17)16(10)18/h2-8H,9H2,1H3. The van der Waals surface area contributed by atoms with Gasteiger partial charge in [-0.25, -0.2) is 9.37 Å². The van der Waals surface area contributed by atoms with Gasteiger partial charge in [0, 0.05) is 7.05 Å². The maximum absolute atomic E-state index is 14.0. The van der Waals surface area contributed by atoms with E-state index in [0.29, 0.717) is 10.3 Å². The van der Waals surface area contributed by atoms with Gasteiger partial charge in [0.2, 0.25) is 0 Å². The molecule has 3 nitrogen and oxygen atoms in total. The largest absolute Gasteiger partial charge is 0.331 e. The molecule has 0 bridgehead atoms. The minimum absolute atomic E-state index is 0.0680. The van der Waals surface area contributed by atoms with Crippen LogP contribution in [0, 0.1) is 5.82 Å². The van der Waals surface area contributed by atoms with Crippen LogP contribution in [0.4, 0.5) is 4.39 Å². The van der Waals surface area contributed by atoms with Crippen molar-refractivity contribution in [3.05, 3.63) is 64.1 Å². The Morgan fingerprint density at radius 1 is 1.24 bits per heavy atom. The summed E-state index contributed by atoms with van der Waals surface area (Å²) >= 11 is 3.09. The highest BCUT2D eigenvalue weighted by atomic mass is 79.9. The maximum Gasteiger partial charge on any atom is 0.173 e. The van der Waals surface area contributed by atoms with Gasteiger partial charge in [-0.1, -0.05) is 18.2 Å². The van der Waals surface area contributed by atoms with Gasteiger partial charge in [0.1, 0.15) is 11.6 Å². The van der Waals surface area contributed by atoms with Crippen LogP contribution in [0.15, 0.2) is 46.9 Å². The van der Waals surface area contributed by atoms with Gasteiger partial charge >= 0.3 is 0 Å². The highest BCUT2D eigenvalue weighted by Gasteiger charge is 2.17. The van der Waals surface area contributed by atoms with Crippen molar-refractivity contribution in [2.24, 2.45) is 7.05 Å². The Morgan fingerprint density at radius 3 is 2.76 bits per heavy atom. The molecule has 0 atom stereocenters. The van der Waals surface area contributed by atoms with E-state index in [2.05, 4.69) is 20.9 Å². The Hall–Kier alpha value is -2.01. The van der Waals surface area contributed by atoms with Crippen LogP contribution >= 0.6 is 15.9 Å². The second-order valence-electron chi connectivity index (χ2n) is 4.78. The number of ketones is 1. The van der Waals surface area contributed by atoms with E-state index in [4.69, 9.17) is 0 Å². The molecule has 0 N–H and O–H groups in total. The third kappa shape index (κ3) is 2.49. The summed E-state index contributed by atoms with van der Waals surface area (Å²) in [5.41, 5.74) is 1.86. The topological polar surface area (TPSA) is 34.9 Å². The molecular weight excluding hydrogens is 335 g/mol. The Labute approximate surface area is 129 Å². The molecule has 1 aromatic heterocycles. The van der Waals surface area contributed by atoms with Crippen molar-refractivity contribution >= 4 is 32.7 Å². The van der Waals surface area contributed by atoms with Crippen LogP contribution < -0.4 is 0 Å². The molecule has 0 aliphatic heterocycles. The third-order valence-electron chi connectivity index (χ3n) is 3.45. The van der Waals surface area contributed by atoms with E-state index in [-0.39, 0.29) is 17.8 Å². The Morgan fingerprint density at radius 2 is 2.00 bits per heavy atom. The number of fused-ring (bicyclic) bond motifs is 1. The normalized spacial score (nSPS) is 11.0. The lowest BCUT2D eigenvalue weighted by Crippen LogP contribution is -2.10. The first-order valence-corrected chi connectivity index (χ1v) is 7.25. The predicted octanol–water partition coefficient (Wildman–Crippen LogP) is 3.90. The lowest BCUT2D eigenvalue weighted by molar-refractivity contribution is 0.0986. The summed E-state index contributed by atoms with van der Waals surface area (Å²) in [5, 5.41) is 0. The number of imidazole rings is 1. The van der Waals surface area contributed by atoms with Gasteiger partial charge in [-0.3, -0.25) is 4.79 Å². The number of rotatable bonds is 3. The van der Waals surface area contributed by atoms with Gasteiger partial charge < -0.3 is 4.57 Å². The van der Waals surface area contributed by atoms with Gasteiger partial charge in [-0.2, -0.15) is 0 Å². The van der Waals surface area contributed by atoms with E-state index in [9.17, 15) is 9.18 Å². The summed E-state index contributed by atoms with van der Waals surface area (Å²) in [4.78, 5) is 16.7. The zero-order chi connectivity index (χ0) is 15.0. The fourth-order valence-corrected chi connectivity index (χ4v) is 2.68. The first kappa shape index (κ1) is 13.9. The zero-order valence-electron chi connectivity index (χ0n) is 11.3. The number of benzene rings is 2. The SMILES string of the molecule is Cn1c(CC(=O)c2cccc(Br)c2F)nc2ccccc21. The number of carbonyl (C=O) groups excluding carboxylic acids is 1. The smallest absolute Gasteiger partial charge is 0.173 e. The monoisotopic (exact) mass is 346 g/mol. The van der Waals surface area contributed by atoms with Crippen LogP contribution in [-0.4, -0.2) is 15.3 Å². The van der Waals surface area contributed by atoms with Crippen LogP contribution in [0.2, 0.25) is 0 Å². The molecule has 0 aliphatic rings. The quantitative estimate of drug-likeness (QED) is 0.674. The third-order valence-corrected chi connectivity index (χ3v) is 4.06. The first-order valence-electron chi connectivity index (χ1n) is 6.45. The molecule has 0 aliphatic carbocycles. The molecule has 0 radical (unpaired) electrons. The van der Waals surface area contributed by atoms with Crippen molar-refractivity contribution in [1.82, 2.24) is 9.55 Å². The Kier molecular flexibility index (Phi) is 3.59. The summed E-state index contributed by atoms with van der Waals surface area (Å²) in [6, 6.07) is 12.4. The molecule has 1 heterocycles. The zero-order valence-corrected chi connectivity index (χ0v) is 12.9. The number of hydrogen-bond donors (Lipinski definition) is 0. The molecule has 0 saturated carbocycles. The molecule has 21 heavy (non-hydrogen) atoms. The molecule has 2 aromatic carbocycles. The number of halogens is 2. The number of para-hydroxylation sites is 2. The average Bonchev–Trinajstić information content (AvgIpc) is 2.79. The highest BCUT2D eigenvalue weighted by molar-refractivity contribution is 9.10. The fourth-order valence-electron chi connectivity index (χ4n) is 2.31. The number of aryl methyl sites for hydroxylation is 1. The molecule has 0 spiro atoms. The van der Waals surface area contributed by atoms with Gasteiger partial charge in [-0.15, -0.1) is 0 Å². The molecule has 5 heteroatoms. The maximum atomic E-state index is 14.0. The van der Waals surface area contributed by atoms with Gasteiger partial charge in [0.15, 0.2) is 5.78 Å². The molecule has 0 amide bonds. The van der Waals surface area contributed by atoms with Crippen molar-refractivity contribution in [3.63, 3.8) is 0 Å². The minimum atomic E-state index is -0.527. The van der Waals surface area contributed by atoms with Crippen LogP contribution in [0.25, 0.3) is 11.0 Å². The van der Waals surface area contributed by atoms with Crippen LogP contribution in [0.1, 0.15) is 16.2 Å². The molecular formula is C16H12BrFN2O. The molecule has 3 aromatic rings. The average molecular weight is 347 g/mol. The van der Waals surface area contributed by atoms with Gasteiger partial charge in [0.25, 0.3) is 0 Å². The number of carbonyl (C=O) groups is 1. The number of hydrogen-bond acceptors (Lipinski definition) is 2. The summed E-state index contributed by atoms with van der Waals surface area (Å²) < 4.78 is 16.1. The lowest BCUT2D eigenvalue weighted by Gasteiger charge is -2.04. The van der Waals surface area contributed by atoms with Crippen molar-refractivity contribution in [3.8, 4) is 0 Å². The van der Waals surface area contributed by atoms with Crippen LogP contribution in [0.5, 0.6) is 0 Å². The number of nitrogens with zero attached hydrogens (tertiary/aromatic N) is 2. The molecule has 0 unspecified atom stereocenters. The van der Waals surface area contributed by atoms with E-state index in [1.165, 1.54) is 6.07 Å². The summed E-state index contributed by atoms with van der Waals surface area (Å²) in [5.74, 6) is -0.186. The Bertz CT molecular complexity index is 841. The van der Waals surface area contributed by atoms with Gasteiger partial charge in [-0.05, 0) is 40.2 Å². The molecule has 3 rings (SSSR count).